The largest absolute Gasteiger partial charge is 0.378 e. The van der Waals surface area contributed by atoms with Crippen LogP contribution in [-0.2, 0) is 14.3 Å². The highest BCUT2D eigenvalue weighted by molar-refractivity contribution is 5.78. The molecule has 0 atom stereocenters. The standard InChI is InChI=1S/C42H58O3/c1-35(21-14-22-36(2)23-15-25-38(4)28-18-32-41(6,7)44-10)20-12-13-30-40(34-43)31-17-27-37(3)24-16-26-39(5)29-19-33-42(8,9)45-11/h12-31,34H,32-33H2,1-11H3/b13-12+,21-14+,23-15+,24-16+,28-18+,29-19+,31-17+,35-20+,36-22+,37-27+,38-25+,39-26+,40-30-. The van der Waals surface area contributed by atoms with Gasteiger partial charge in [0.1, 0.15) is 6.29 Å². The maximum Gasteiger partial charge on any atom is 0.150 e. The van der Waals surface area contributed by atoms with Gasteiger partial charge >= 0.3 is 0 Å². The van der Waals surface area contributed by atoms with Crippen LogP contribution in [0.2, 0.25) is 0 Å². The van der Waals surface area contributed by atoms with Crippen LogP contribution in [0, 0.1) is 0 Å². The van der Waals surface area contributed by atoms with Gasteiger partial charge in [-0.25, -0.2) is 0 Å². The number of methoxy groups -OCH3 is 2. The quantitative estimate of drug-likeness (QED) is 0.0829. The molecule has 0 aromatic heterocycles. The fraction of sp³-hybridized carbons (Fsp3) is 0.357. The number of hydrogen-bond donors (Lipinski definition) is 0. The number of allylic oxidation sites excluding steroid dienone is 24. The van der Waals surface area contributed by atoms with Crippen molar-refractivity contribution in [3.8, 4) is 0 Å². The molecule has 0 rings (SSSR count). The van der Waals surface area contributed by atoms with Gasteiger partial charge in [0, 0.05) is 19.8 Å². The Morgan fingerprint density at radius 2 is 0.778 bits per heavy atom. The van der Waals surface area contributed by atoms with Crippen molar-refractivity contribution < 1.29 is 14.3 Å². The highest BCUT2D eigenvalue weighted by Crippen LogP contribution is 2.15. The van der Waals surface area contributed by atoms with Crippen molar-refractivity contribution >= 4 is 6.29 Å². The van der Waals surface area contributed by atoms with E-state index >= 15 is 0 Å². The Hall–Kier alpha value is -3.79. The molecule has 0 saturated heterocycles. The van der Waals surface area contributed by atoms with E-state index in [1.807, 2.05) is 68.5 Å². The van der Waals surface area contributed by atoms with Gasteiger partial charge < -0.3 is 9.47 Å². The van der Waals surface area contributed by atoms with Crippen molar-refractivity contribution in [2.75, 3.05) is 14.2 Å². The second kappa shape index (κ2) is 23.6. The van der Waals surface area contributed by atoms with E-state index in [1.165, 1.54) is 11.1 Å². The third kappa shape index (κ3) is 24.2. The third-order valence-corrected chi connectivity index (χ3v) is 6.78. The summed E-state index contributed by atoms with van der Waals surface area (Å²) in [6, 6.07) is 0. The van der Waals surface area contributed by atoms with E-state index in [4.69, 9.17) is 9.47 Å². The number of carbonyl (C=O) groups is 1. The number of aldehydes is 1. The Morgan fingerprint density at radius 1 is 0.467 bits per heavy atom. The van der Waals surface area contributed by atoms with Crippen LogP contribution in [-0.4, -0.2) is 31.7 Å². The summed E-state index contributed by atoms with van der Waals surface area (Å²) in [7, 11) is 3.48. The van der Waals surface area contributed by atoms with E-state index in [1.54, 1.807) is 20.3 Å². The van der Waals surface area contributed by atoms with Crippen molar-refractivity contribution in [2.24, 2.45) is 0 Å². The summed E-state index contributed by atoms with van der Waals surface area (Å²) in [6.45, 7) is 18.6. The van der Waals surface area contributed by atoms with Crippen LogP contribution < -0.4 is 0 Å². The lowest BCUT2D eigenvalue weighted by molar-refractivity contribution is -0.104. The maximum absolute atomic E-state index is 11.5. The molecule has 3 heteroatoms. The minimum Gasteiger partial charge on any atom is -0.378 e. The predicted octanol–water partition coefficient (Wildman–Crippen LogP) is 11.4. The van der Waals surface area contributed by atoms with Gasteiger partial charge in [0.25, 0.3) is 0 Å². The van der Waals surface area contributed by atoms with Crippen molar-refractivity contribution in [3.05, 3.63) is 155 Å². The Balaban J connectivity index is 4.94. The first-order valence-corrected chi connectivity index (χ1v) is 15.6. The van der Waals surface area contributed by atoms with E-state index < -0.39 is 0 Å². The molecule has 0 bridgehead atoms. The lowest BCUT2D eigenvalue weighted by Gasteiger charge is -2.20. The highest BCUT2D eigenvalue weighted by atomic mass is 16.5. The van der Waals surface area contributed by atoms with Crippen molar-refractivity contribution in [1.82, 2.24) is 0 Å². The van der Waals surface area contributed by atoms with Crippen LogP contribution in [0.3, 0.4) is 0 Å². The first-order valence-electron chi connectivity index (χ1n) is 15.6. The van der Waals surface area contributed by atoms with Gasteiger partial charge in [-0.1, -0.05) is 149 Å². The van der Waals surface area contributed by atoms with Gasteiger partial charge in [-0.3, -0.25) is 4.79 Å². The predicted molar refractivity (Wildman–Crippen MR) is 198 cm³/mol. The fourth-order valence-electron chi connectivity index (χ4n) is 3.38. The normalized spacial score (nSPS) is 16.1. The summed E-state index contributed by atoms with van der Waals surface area (Å²) in [5.74, 6) is 0. The number of rotatable bonds is 19. The van der Waals surface area contributed by atoms with Crippen LogP contribution >= 0.6 is 0 Å². The Labute approximate surface area is 275 Å². The summed E-state index contributed by atoms with van der Waals surface area (Å²) in [6.07, 6.45) is 43.0. The van der Waals surface area contributed by atoms with Gasteiger partial charge in [-0.2, -0.15) is 0 Å². The average molecular weight is 611 g/mol. The van der Waals surface area contributed by atoms with Crippen molar-refractivity contribution in [2.45, 2.75) is 86.4 Å². The monoisotopic (exact) mass is 610 g/mol. The second-order valence-corrected chi connectivity index (χ2v) is 12.3. The molecule has 0 spiro atoms. The second-order valence-electron chi connectivity index (χ2n) is 12.3. The van der Waals surface area contributed by atoms with Crippen LogP contribution in [0.25, 0.3) is 0 Å². The molecule has 45 heavy (non-hydrogen) atoms. The smallest absolute Gasteiger partial charge is 0.150 e. The van der Waals surface area contributed by atoms with Crippen molar-refractivity contribution in [1.29, 1.82) is 0 Å². The zero-order valence-corrected chi connectivity index (χ0v) is 29.8. The lowest BCUT2D eigenvalue weighted by Crippen LogP contribution is -2.20. The van der Waals surface area contributed by atoms with E-state index in [2.05, 4.69) is 109 Å². The zero-order chi connectivity index (χ0) is 34.1. The summed E-state index contributed by atoms with van der Waals surface area (Å²) < 4.78 is 10.9. The highest BCUT2D eigenvalue weighted by Gasteiger charge is 2.13. The molecular formula is C42H58O3. The number of carbonyl (C=O) groups excluding carboxylic acids is 1. The van der Waals surface area contributed by atoms with Crippen molar-refractivity contribution in [3.63, 3.8) is 0 Å². The molecule has 0 amide bonds. The van der Waals surface area contributed by atoms with Gasteiger partial charge in [-0.15, -0.1) is 0 Å². The Bertz CT molecular complexity index is 1300. The summed E-state index contributed by atoms with van der Waals surface area (Å²) in [5.41, 5.74) is 6.04. The molecule has 0 aromatic carbocycles. The molecule has 0 heterocycles. The molecule has 0 saturated carbocycles. The van der Waals surface area contributed by atoms with Gasteiger partial charge in [0.05, 0.1) is 11.2 Å². The zero-order valence-electron chi connectivity index (χ0n) is 29.8. The molecule has 0 aliphatic rings. The molecule has 0 radical (unpaired) electrons. The molecule has 0 aliphatic carbocycles. The van der Waals surface area contributed by atoms with Crippen LogP contribution in [0.5, 0.6) is 0 Å². The van der Waals surface area contributed by atoms with Crippen LogP contribution in [0.1, 0.15) is 75.2 Å². The van der Waals surface area contributed by atoms with E-state index in [0.717, 1.165) is 35.8 Å². The molecule has 3 nitrogen and oxygen atoms in total. The first-order chi connectivity index (χ1) is 21.2. The SMILES string of the molecule is COC(C)(C)C/C=C/C(C)=C/C=C/C(C)=C/C=C/C(C=O)=C/C=C/C=C(C)/C=C/C=C(C)/C=C/C=C(C)/C=C/CC(C)(C)OC. The molecule has 244 valence electrons. The van der Waals surface area contributed by atoms with Crippen LogP contribution in [0.4, 0.5) is 0 Å². The van der Waals surface area contributed by atoms with E-state index in [9.17, 15) is 4.79 Å². The average Bonchev–Trinajstić information content (AvgIpc) is 2.98. The molecule has 0 N–H and O–H groups in total. The van der Waals surface area contributed by atoms with E-state index in [-0.39, 0.29) is 11.2 Å². The summed E-state index contributed by atoms with van der Waals surface area (Å²) in [4.78, 5) is 11.5. The van der Waals surface area contributed by atoms with Gasteiger partial charge in [-0.05, 0) is 75.2 Å². The fourth-order valence-corrected chi connectivity index (χ4v) is 3.38. The molecule has 0 fully saturated rings. The lowest BCUT2D eigenvalue weighted by atomic mass is 10.0. The Kier molecular flexibility index (Phi) is 21.6. The van der Waals surface area contributed by atoms with Gasteiger partial charge in [0.2, 0.25) is 0 Å². The summed E-state index contributed by atoms with van der Waals surface area (Å²) >= 11 is 0. The topological polar surface area (TPSA) is 35.5 Å². The molecule has 0 aromatic rings. The Morgan fingerprint density at radius 3 is 1.13 bits per heavy atom. The number of hydrogen-bond acceptors (Lipinski definition) is 3. The summed E-state index contributed by atoms with van der Waals surface area (Å²) in [5, 5.41) is 0. The third-order valence-electron chi connectivity index (χ3n) is 6.78. The minimum absolute atomic E-state index is 0.138. The van der Waals surface area contributed by atoms with Gasteiger partial charge in [0.15, 0.2) is 0 Å². The maximum atomic E-state index is 11.5. The molecule has 0 aliphatic heterocycles. The molecule has 0 unspecified atom stereocenters. The first kappa shape index (κ1) is 41.2. The van der Waals surface area contributed by atoms with Crippen LogP contribution in [0.15, 0.2) is 155 Å². The minimum atomic E-state index is -0.149. The number of ether oxygens (including phenoxy) is 2. The van der Waals surface area contributed by atoms with E-state index in [0.29, 0.717) is 5.57 Å². The molecular weight excluding hydrogens is 552 g/mol.